The Morgan fingerprint density at radius 3 is 2.87 bits per heavy atom. The molecule has 1 aromatic carbocycles. The summed E-state index contributed by atoms with van der Waals surface area (Å²) in [6.07, 6.45) is 2.53. The van der Waals surface area contributed by atoms with Gasteiger partial charge in [-0.2, -0.15) is 0 Å². The van der Waals surface area contributed by atoms with E-state index in [2.05, 4.69) is 15.0 Å². The zero-order chi connectivity index (χ0) is 15.4. The molecule has 0 aliphatic heterocycles. The molecule has 3 aromatic rings. The van der Waals surface area contributed by atoms with E-state index in [0.29, 0.717) is 23.9 Å². The summed E-state index contributed by atoms with van der Waals surface area (Å²) in [4.78, 5) is 12.0. The third-order valence-corrected chi connectivity index (χ3v) is 3.50. The van der Waals surface area contributed by atoms with Crippen LogP contribution in [0, 0.1) is 0 Å². The predicted octanol–water partition coefficient (Wildman–Crippen LogP) is 4.06. The summed E-state index contributed by atoms with van der Waals surface area (Å²) < 4.78 is 11.1. The molecule has 2 heterocycles. The molecular formula is C16H17Cl2N3O2. The Kier molecular flexibility index (Phi) is 6.07. The molecule has 7 heteroatoms. The maximum atomic E-state index is 5.65. The van der Waals surface area contributed by atoms with E-state index in [1.54, 1.807) is 13.3 Å². The molecule has 0 aliphatic rings. The van der Waals surface area contributed by atoms with Gasteiger partial charge in [0.2, 0.25) is 0 Å². The molecule has 0 unspecified atom stereocenters. The third kappa shape index (κ3) is 3.86. The van der Waals surface area contributed by atoms with E-state index in [-0.39, 0.29) is 12.4 Å². The monoisotopic (exact) mass is 353 g/mol. The topological polar surface area (TPSA) is 60.0 Å². The van der Waals surface area contributed by atoms with Gasteiger partial charge in [0.25, 0.3) is 0 Å². The molecular weight excluding hydrogens is 337 g/mol. The zero-order valence-corrected chi connectivity index (χ0v) is 14.2. The van der Waals surface area contributed by atoms with Crippen molar-refractivity contribution in [2.45, 2.75) is 6.42 Å². The van der Waals surface area contributed by atoms with Gasteiger partial charge in [0.1, 0.15) is 17.3 Å². The number of alkyl halides is 1. The van der Waals surface area contributed by atoms with Crippen LogP contribution in [0.2, 0.25) is 0 Å². The zero-order valence-electron chi connectivity index (χ0n) is 12.6. The van der Waals surface area contributed by atoms with E-state index in [9.17, 15) is 0 Å². The number of benzene rings is 1. The average molecular weight is 354 g/mol. The lowest BCUT2D eigenvalue weighted by Crippen LogP contribution is -1.98. The fourth-order valence-corrected chi connectivity index (χ4v) is 2.28. The summed E-state index contributed by atoms with van der Waals surface area (Å²) in [6, 6.07) is 9.48. The lowest BCUT2D eigenvalue weighted by Gasteiger charge is -2.10. The van der Waals surface area contributed by atoms with Gasteiger partial charge in [0.05, 0.1) is 24.8 Å². The number of hydrogen-bond donors (Lipinski definition) is 1. The van der Waals surface area contributed by atoms with Crippen molar-refractivity contribution in [3.05, 3.63) is 36.5 Å². The smallest absolute Gasteiger partial charge is 0.178 e. The van der Waals surface area contributed by atoms with Crippen molar-refractivity contribution in [1.29, 1.82) is 0 Å². The minimum Gasteiger partial charge on any atom is -0.496 e. The molecule has 1 N–H and O–H groups in total. The van der Waals surface area contributed by atoms with Crippen LogP contribution in [0.25, 0.3) is 22.6 Å². The van der Waals surface area contributed by atoms with Crippen molar-refractivity contribution < 1.29 is 9.47 Å². The second-order valence-corrected chi connectivity index (χ2v) is 5.09. The normalized spacial score (nSPS) is 10.3. The number of imidazole rings is 1. The molecule has 2 aromatic heterocycles. The molecule has 122 valence electrons. The Bertz CT molecular complexity index is 744. The van der Waals surface area contributed by atoms with Gasteiger partial charge in [-0.3, -0.25) is 0 Å². The highest BCUT2D eigenvalue weighted by molar-refractivity contribution is 6.17. The van der Waals surface area contributed by atoms with E-state index in [0.717, 1.165) is 29.1 Å². The largest absolute Gasteiger partial charge is 0.496 e. The van der Waals surface area contributed by atoms with E-state index in [1.165, 1.54) is 0 Å². The number of aromatic amines is 1. The van der Waals surface area contributed by atoms with E-state index in [1.807, 2.05) is 30.3 Å². The van der Waals surface area contributed by atoms with Crippen LogP contribution in [0.15, 0.2) is 36.5 Å². The first-order chi connectivity index (χ1) is 10.8. The standard InChI is InChI=1S/C16H16ClN3O2.ClH/c1-21-14-10-11(22-9-3-7-17)5-6-12(14)15-19-13-4-2-8-18-16(13)20-15;/h2,4-6,8,10H,3,7,9H2,1H3,(H,18,19,20);1H. The number of rotatable bonds is 6. The summed E-state index contributed by atoms with van der Waals surface area (Å²) >= 11 is 5.65. The van der Waals surface area contributed by atoms with E-state index in [4.69, 9.17) is 21.1 Å². The van der Waals surface area contributed by atoms with Gasteiger partial charge in [-0.25, -0.2) is 9.97 Å². The molecule has 23 heavy (non-hydrogen) atoms. The Labute approximate surface area is 145 Å². The first kappa shape index (κ1) is 17.4. The van der Waals surface area contributed by atoms with Gasteiger partial charge >= 0.3 is 0 Å². The Balaban J connectivity index is 0.00000192. The lowest BCUT2D eigenvalue weighted by molar-refractivity contribution is 0.315. The van der Waals surface area contributed by atoms with Gasteiger partial charge in [0.15, 0.2) is 5.65 Å². The Morgan fingerprint density at radius 1 is 1.26 bits per heavy atom. The van der Waals surface area contributed by atoms with Crippen LogP contribution < -0.4 is 9.47 Å². The summed E-state index contributed by atoms with van der Waals surface area (Å²) in [7, 11) is 1.63. The van der Waals surface area contributed by atoms with Gasteiger partial charge in [-0.05, 0) is 30.7 Å². The molecule has 0 fully saturated rings. The van der Waals surface area contributed by atoms with Crippen LogP contribution in [0.4, 0.5) is 0 Å². The van der Waals surface area contributed by atoms with Crippen LogP contribution in [0.5, 0.6) is 11.5 Å². The van der Waals surface area contributed by atoms with Crippen molar-refractivity contribution in [2.75, 3.05) is 19.6 Å². The molecule has 0 amide bonds. The fourth-order valence-electron chi connectivity index (χ4n) is 2.17. The van der Waals surface area contributed by atoms with Gasteiger partial charge < -0.3 is 14.5 Å². The summed E-state index contributed by atoms with van der Waals surface area (Å²) in [5, 5.41) is 0. The number of fused-ring (bicyclic) bond motifs is 1. The van der Waals surface area contributed by atoms with Gasteiger partial charge in [-0.15, -0.1) is 24.0 Å². The number of H-pyrrole nitrogens is 1. The molecule has 0 saturated heterocycles. The van der Waals surface area contributed by atoms with Crippen molar-refractivity contribution in [3.63, 3.8) is 0 Å². The quantitative estimate of drug-likeness (QED) is 0.536. The maximum Gasteiger partial charge on any atom is 0.178 e. The summed E-state index contributed by atoms with van der Waals surface area (Å²) in [5.41, 5.74) is 2.44. The number of aromatic nitrogens is 3. The Hall–Kier alpha value is -1.98. The minimum absolute atomic E-state index is 0. The number of nitrogens with zero attached hydrogens (tertiary/aromatic N) is 2. The highest BCUT2D eigenvalue weighted by atomic mass is 35.5. The molecule has 3 rings (SSSR count). The summed E-state index contributed by atoms with van der Waals surface area (Å²) in [5.74, 6) is 2.75. The highest BCUT2D eigenvalue weighted by Crippen LogP contribution is 2.32. The van der Waals surface area contributed by atoms with E-state index < -0.39 is 0 Å². The fraction of sp³-hybridized carbons (Fsp3) is 0.250. The summed E-state index contributed by atoms with van der Waals surface area (Å²) in [6.45, 7) is 0.584. The minimum atomic E-state index is 0. The molecule has 0 atom stereocenters. The SMILES string of the molecule is COc1cc(OCCCCl)ccc1-c1nc2ncccc2[nH]1.Cl. The van der Waals surface area contributed by atoms with E-state index >= 15 is 0 Å². The molecule has 0 bridgehead atoms. The number of nitrogens with one attached hydrogen (secondary N) is 1. The van der Waals surface area contributed by atoms with Crippen molar-refractivity contribution >= 4 is 35.2 Å². The van der Waals surface area contributed by atoms with Crippen LogP contribution >= 0.6 is 24.0 Å². The van der Waals surface area contributed by atoms with Crippen molar-refractivity contribution in [1.82, 2.24) is 15.0 Å². The second-order valence-electron chi connectivity index (χ2n) is 4.71. The van der Waals surface area contributed by atoms with Gasteiger partial charge in [0, 0.05) is 18.1 Å². The third-order valence-electron chi connectivity index (χ3n) is 3.23. The molecule has 0 aliphatic carbocycles. The highest BCUT2D eigenvalue weighted by Gasteiger charge is 2.12. The van der Waals surface area contributed by atoms with Crippen LogP contribution in [0.3, 0.4) is 0 Å². The lowest BCUT2D eigenvalue weighted by atomic mass is 10.2. The molecule has 5 nitrogen and oxygen atoms in total. The van der Waals surface area contributed by atoms with Crippen molar-refractivity contribution in [3.8, 4) is 22.9 Å². The molecule has 0 saturated carbocycles. The number of methoxy groups -OCH3 is 1. The first-order valence-electron chi connectivity index (χ1n) is 6.99. The van der Waals surface area contributed by atoms with Crippen LogP contribution in [-0.2, 0) is 0 Å². The predicted molar refractivity (Wildman–Crippen MR) is 94.0 cm³/mol. The van der Waals surface area contributed by atoms with Crippen LogP contribution in [-0.4, -0.2) is 34.5 Å². The first-order valence-corrected chi connectivity index (χ1v) is 7.53. The average Bonchev–Trinajstić information content (AvgIpc) is 2.98. The number of halogens is 2. The van der Waals surface area contributed by atoms with Crippen molar-refractivity contribution in [2.24, 2.45) is 0 Å². The van der Waals surface area contributed by atoms with Gasteiger partial charge in [-0.1, -0.05) is 0 Å². The van der Waals surface area contributed by atoms with Crippen LogP contribution in [0.1, 0.15) is 6.42 Å². The second kappa shape index (κ2) is 8.04. The number of ether oxygens (including phenoxy) is 2. The maximum absolute atomic E-state index is 5.65. The molecule has 0 radical (unpaired) electrons. The number of hydrogen-bond acceptors (Lipinski definition) is 4. The molecule has 0 spiro atoms. The number of pyridine rings is 1. The Morgan fingerprint density at radius 2 is 2.13 bits per heavy atom.